The quantitative estimate of drug-likeness (QED) is 0.198. The molecule has 0 radical (unpaired) electrons. The second-order valence-electron chi connectivity index (χ2n) is 8.17. The first kappa shape index (κ1) is 22.2. The SMILES string of the molecule is O=C(C=Cc1cn(-c2ccccc2)nc1-c1cc2ccccc2o1)OCc1nnc(-c2ccccc2)o1. The Morgan fingerprint density at radius 2 is 1.65 bits per heavy atom. The molecule has 8 nitrogen and oxygen atoms in total. The van der Waals surface area contributed by atoms with Gasteiger partial charge in [0.15, 0.2) is 12.4 Å². The third kappa shape index (κ3) is 4.81. The molecule has 6 aromatic rings. The molecule has 6 rings (SSSR count). The summed E-state index contributed by atoms with van der Waals surface area (Å²) >= 11 is 0. The number of hydrogen-bond acceptors (Lipinski definition) is 7. The largest absolute Gasteiger partial charge is 0.454 e. The van der Waals surface area contributed by atoms with Crippen LogP contribution in [0.3, 0.4) is 0 Å². The highest BCUT2D eigenvalue weighted by molar-refractivity contribution is 5.89. The number of para-hydroxylation sites is 2. The maximum atomic E-state index is 12.5. The summed E-state index contributed by atoms with van der Waals surface area (Å²) in [7, 11) is 0. The van der Waals surface area contributed by atoms with Gasteiger partial charge in [-0.2, -0.15) is 5.10 Å². The molecule has 3 aromatic heterocycles. The Hall–Kier alpha value is -5.24. The molecule has 0 bridgehead atoms. The van der Waals surface area contributed by atoms with E-state index in [2.05, 4.69) is 10.2 Å². The van der Waals surface area contributed by atoms with Crippen LogP contribution in [0.2, 0.25) is 0 Å². The van der Waals surface area contributed by atoms with Crippen molar-refractivity contribution < 1.29 is 18.4 Å². The van der Waals surface area contributed by atoms with Crippen LogP contribution in [0.5, 0.6) is 0 Å². The average Bonchev–Trinajstić information content (AvgIpc) is 3.70. The van der Waals surface area contributed by atoms with Crippen LogP contribution in [0.4, 0.5) is 0 Å². The van der Waals surface area contributed by atoms with Gasteiger partial charge in [0.2, 0.25) is 5.89 Å². The molecule has 0 saturated carbocycles. The van der Waals surface area contributed by atoms with Gasteiger partial charge in [0.1, 0.15) is 11.3 Å². The highest BCUT2D eigenvalue weighted by Crippen LogP contribution is 2.30. The highest BCUT2D eigenvalue weighted by Gasteiger charge is 2.16. The van der Waals surface area contributed by atoms with Crippen molar-refractivity contribution in [1.82, 2.24) is 20.0 Å². The summed E-state index contributed by atoms with van der Waals surface area (Å²) in [6.07, 6.45) is 4.83. The molecule has 0 aliphatic rings. The van der Waals surface area contributed by atoms with E-state index in [0.717, 1.165) is 22.2 Å². The number of carbonyl (C=O) groups is 1. The van der Waals surface area contributed by atoms with Crippen molar-refractivity contribution in [3.63, 3.8) is 0 Å². The maximum Gasteiger partial charge on any atom is 0.331 e. The number of fused-ring (bicyclic) bond motifs is 1. The minimum absolute atomic E-state index is 0.136. The number of carbonyl (C=O) groups excluding carboxylic acids is 1. The molecule has 180 valence electrons. The van der Waals surface area contributed by atoms with Gasteiger partial charge < -0.3 is 13.6 Å². The molecule has 0 spiro atoms. The van der Waals surface area contributed by atoms with E-state index in [9.17, 15) is 4.79 Å². The lowest BCUT2D eigenvalue weighted by Gasteiger charge is -1.98. The molecule has 8 heteroatoms. The third-order valence-electron chi connectivity index (χ3n) is 5.65. The van der Waals surface area contributed by atoms with E-state index in [-0.39, 0.29) is 12.5 Å². The Labute approximate surface area is 211 Å². The topological polar surface area (TPSA) is 96.2 Å². The summed E-state index contributed by atoms with van der Waals surface area (Å²) in [6, 6.07) is 28.8. The Morgan fingerprint density at radius 1 is 0.892 bits per heavy atom. The predicted octanol–water partition coefficient (Wildman–Crippen LogP) is 6.09. The van der Waals surface area contributed by atoms with Crippen LogP contribution >= 0.6 is 0 Å². The highest BCUT2D eigenvalue weighted by atomic mass is 16.5. The Balaban J connectivity index is 1.22. The molecule has 0 saturated heterocycles. The fourth-order valence-electron chi connectivity index (χ4n) is 3.86. The van der Waals surface area contributed by atoms with Gasteiger partial charge in [0, 0.05) is 28.8 Å². The number of benzene rings is 3. The third-order valence-corrected chi connectivity index (χ3v) is 5.65. The zero-order valence-corrected chi connectivity index (χ0v) is 19.5. The van der Waals surface area contributed by atoms with Crippen molar-refractivity contribution in [2.45, 2.75) is 6.61 Å². The molecule has 0 aliphatic carbocycles. The smallest absolute Gasteiger partial charge is 0.331 e. The number of ether oxygens (including phenoxy) is 1. The first-order chi connectivity index (χ1) is 18.2. The minimum Gasteiger partial charge on any atom is -0.454 e. The van der Waals surface area contributed by atoms with Crippen LogP contribution in [0, 0.1) is 0 Å². The summed E-state index contributed by atoms with van der Waals surface area (Å²) in [6.45, 7) is -0.136. The molecular formula is C29H20N4O4. The van der Waals surface area contributed by atoms with Gasteiger partial charge in [-0.15, -0.1) is 10.2 Å². The zero-order chi connectivity index (χ0) is 25.0. The molecule has 0 N–H and O–H groups in total. The van der Waals surface area contributed by atoms with Crippen molar-refractivity contribution in [3.05, 3.63) is 115 Å². The number of furan rings is 1. The summed E-state index contributed by atoms with van der Waals surface area (Å²) in [5.41, 5.74) is 3.74. The van der Waals surface area contributed by atoms with Crippen molar-refractivity contribution in [2.75, 3.05) is 0 Å². The van der Waals surface area contributed by atoms with Gasteiger partial charge in [-0.1, -0.05) is 54.6 Å². The first-order valence-electron chi connectivity index (χ1n) is 11.6. The van der Waals surface area contributed by atoms with Crippen LogP contribution in [0.15, 0.2) is 112 Å². The van der Waals surface area contributed by atoms with Crippen molar-refractivity contribution >= 4 is 23.0 Å². The van der Waals surface area contributed by atoms with Crippen LogP contribution in [0.25, 0.3) is 45.6 Å². The molecule has 0 amide bonds. The van der Waals surface area contributed by atoms with E-state index in [1.807, 2.05) is 97.2 Å². The van der Waals surface area contributed by atoms with Crippen LogP contribution in [-0.2, 0) is 16.1 Å². The second-order valence-corrected chi connectivity index (χ2v) is 8.17. The van der Waals surface area contributed by atoms with E-state index in [1.54, 1.807) is 10.8 Å². The van der Waals surface area contributed by atoms with Gasteiger partial charge in [0.05, 0.1) is 5.69 Å². The van der Waals surface area contributed by atoms with Crippen molar-refractivity contribution in [3.8, 4) is 28.6 Å². The Kier molecular flexibility index (Phi) is 5.88. The van der Waals surface area contributed by atoms with E-state index < -0.39 is 5.97 Å². The van der Waals surface area contributed by atoms with Crippen LogP contribution in [-0.4, -0.2) is 25.9 Å². The number of hydrogen-bond donors (Lipinski definition) is 0. The molecule has 3 heterocycles. The number of rotatable bonds is 7. The minimum atomic E-state index is -0.553. The predicted molar refractivity (Wildman–Crippen MR) is 137 cm³/mol. The van der Waals surface area contributed by atoms with E-state index in [4.69, 9.17) is 18.7 Å². The lowest BCUT2D eigenvalue weighted by molar-refractivity contribution is -0.139. The Morgan fingerprint density at radius 3 is 2.46 bits per heavy atom. The lowest BCUT2D eigenvalue weighted by Crippen LogP contribution is -2.00. The fraction of sp³-hybridized carbons (Fsp3) is 0.0345. The molecule has 0 aliphatic heterocycles. The van der Waals surface area contributed by atoms with Crippen molar-refractivity contribution in [2.24, 2.45) is 0 Å². The molecule has 3 aromatic carbocycles. The number of esters is 1. The normalized spacial score (nSPS) is 11.4. The fourth-order valence-corrected chi connectivity index (χ4v) is 3.86. The van der Waals surface area contributed by atoms with Crippen LogP contribution in [0.1, 0.15) is 11.5 Å². The Bertz CT molecular complexity index is 1660. The summed E-state index contributed by atoms with van der Waals surface area (Å²) in [5.74, 6) is 0.622. The van der Waals surface area contributed by atoms with Gasteiger partial charge >= 0.3 is 5.97 Å². The number of aromatic nitrogens is 4. The van der Waals surface area contributed by atoms with Crippen LogP contribution < -0.4 is 0 Å². The molecular weight excluding hydrogens is 468 g/mol. The van der Waals surface area contributed by atoms with Gasteiger partial charge in [-0.25, -0.2) is 9.48 Å². The second kappa shape index (κ2) is 9.79. The van der Waals surface area contributed by atoms with E-state index in [1.165, 1.54) is 6.08 Å². The molecule has 0 atom stereocenters. The number of nitrogens with zero attached hydrogens (tertiary/aromatic N) is 4. The first-order valence-corrected chi connectivity index (χ1v) is 11.6. The summed E-state index contributed by atoms with van der Waals surface area (Å²) in [5, 5.41) is 13.7. The van der Waals surface area contributed by atoms with E-state index in [0.29, 0.717) is 22.9 Å². The molecule has 0 fully saturated rings. The molecule has 37 heavy (non-hydrogen) atoms. The standard InChI is InChI=1S/C29H20N4O4/c34-27(35-19-26-30-31-29(37-26)20-9-3-1-4-10-20)16-15-22-18-33(23-12-5-2-6-13-23)32-28(22)25-17-21-11-7-8-14-24(21)36-25/h1-18H,19H2. The summed E-state index contributed by atoms with van der Waals surface area (Å²) in [4.78, 5) is 12.5. The maximum absolute atomic E-state index is 12.5. The lowest BCUT2D eigenvalue weighted by atomic mass is 10.2. The van der Waals surface area contributed by atoms with Gasteiger partial charge in [-0.05, 0) is 42.5 Å². The molecule has 0 unspecified atom stereocenters. The monoisotopic (exact) mass is 488 g/mol. The average molecular weight is 489 g/mol. The summed E-state index contributed by atoms with van der Waals surface area (Å²) < 4.78 is 18.7. The van der Waals surface area contributed by atoms with E-state index >= 15 is 0 Å². The van der Waals surface area contributed by atoms with Gasteiger partial charge in [0.25, 0.3) is 5.89 Å². The van der Waals surface area contributed by atoms with Crippen molar-refractivity contribution in [1.29, 1.82) is 0 Å². The van der Waals surface area contributed by atoms with Gasteiger partial charge in [-0.3, -0.25) is 0 Å². The zero-order valence-electron chi connectivity index (χ0n) is 19.5.